The summed E-state index contributed by atoms with van der Waals surface area (Å²) < 4.78 is 25.5. The molecule has 0 saturated carbocycles. The molecule has 0 radical (unpaired) electrons. The Balaban J connectivity index is 1.56. The minimum atomic E-state index is -0.626. The number of methoxy groups -OCH3 is 1. The lowest BCUT2D eigenvalue weighted by Gasteiger charge is -2.13. The van der Waals surface area contributed by atoms with E-state index in [1.54, 1.807) is 18.2 Å². The number of hydrogen-bond acceptors (Lipinski definition) is 9. The summed E-state index contributed by atoms with van der Waals surface area (Å²) in [6.45, 7) is 0.135. The molecule has 0 aliphatic heterocycles. The first kappa shape index (κ1) is 23.0. The van der Waals surface area contributed by atoms with Crippen molar-refractivity contribution in [3.05, 3.63) is 76.6 Å². The number of amides is 1. The number of carbonyl (C=O) groups is 1. The van der Waals surface area contributed by atoms with Gasteiger partial charge in [0.2, 0.25) is 5.13 Å². The number of ether oxygens (including phenoxy) is 2. The van der Waals surface area contributed by atoms with Crippen molar-refractivity contribution >= 4 is 34.0 Å². The Labute approximate surface area is 201 Å². The monoisotopic (exact) mass is 496 g/mol. The van der Waals surface area contributed by atoms with Crippen LogP contribution in [0.3, 0.4) is 0 Å². The summed E-state index contributed by atoms with van der Waals surface area (Å²) >= 11 is 6.81. The van der Waals surface area contributed by atoms with Gasteiger partial charge >= 0.3 is 0 Å². The zero-order valence-electron chi connectivity index (χ0n) is 17.5. The fourth-order valence-corrected chi connectivity index (χ4v) is 3.65. The van der Waals surface area contributed by atoms with Gasteiger partial charge in [-0.2, -0.15) is 5.26 Å². The van der Waals surface area contributed by atoms with Gasteiger partial charge in [-0.05, 0) is 41.7 Å². The van der Waals surface area contributed by atoms with Gasteiger partial charge in [-0.1, -0.05) is 22.8 Å². The van der Waals surface area contributed by atoms with Gasteiger partial charge in [0.15, 0.2) is 0 Å². The first-order chi connectivity index (χ1) is 16.5. The van der Waals surface area contributed by atoms with E-state index in [0.29, 0.717) is 10.7 Å². The van der Waals surface area contributed by atoms with Gasteiger partial charge in [0.05, 0.1) is 29.0 Å². The third-order valence-corrected chi connectivity index (χ3v) is 5.46. The molecule has 0 bridgehead atoms. The SMILES string of the molecule is COc1cccc(F)c1-c1cc(C#N)ncc1C(=O)Nc1nnc(OCc2ccc(Cl)cn2)s1. The molecule has 3 aromatic heterocycles. The van der Waals surface area contributed by atoms with Gasteiger partial charge in [-0.15, -0.1) is 5.10 Å². The average molecular weight is 497 g/mol. The minimum Gasteiger partial charge on any atom is -0.496 e. The van der Waals surface area contributed by atoms with Crippen molar-refractivity contribution in [3.8, 4) is 28.1 Å². The molecule has 0 aliphatic rings. The number of anilines is 1. The molecule has 0 fully saturated rings. The van der Waals surface area contributed by atoms with Crippen LogP contribution in [0.1, 0.15) is 21.7 Å². The van der Waals surface area contributed by atoms with Crippen LogP contribution in [0.2, 0.25) is 5.02 Å². The fourth-order valence-electron chi connectivity index (χ4n) is 2.95. The highest BCUT2D eigenvalue weighted by Crippen LogP contribution is 2.35. The number of pyridine rings is 2. The Morgan fingerprint density at radius 1 is 1.24 bits per heavy atom. The predicted molar refractivity (Wildman–Crippen MR) is 122 cm³/mol. The fraction of sp³-hybridized carbons (Fsp3) is 0.0909. The molecule has 0 unspecified atom stereocenters. The zero-order valence-corrected chi connectivity index (χ0v) is 19.0. The van der Waals surface area contributed by atoms with E-state index in [4.69, 9.17) is 21.1 Å². The summed E-state index contributed by atoms with van der Waals surface area (Å²) in [4.78, 5) is 21.1. The second-order valence-electron chi connectivity index (χ2n) is 6.63. The Hall–Kier alpha value is -4.14. The normalized spacial score (nSPS) is 10.4. The highest BCUT2D eigenvalue weighted by molar-refractivity contribution is 7.17. The Bertz CT molecular complexity index is 1390. The maximum atomic E-state index is 14.7. The highest BCUT2D eigenvalue weighted by atomic mass is 35.5. The molecule has 4 aromatic rings. The first-order valence-electron chi connectivity index (χ1n) is 9.59. The van der Waals surface area contributed by atoms with Gasteiger partial charge in [0.1, 0.15) is 29.9 Å². The van der Waals surface area contributed by atoms with Gasteiger partial charge < -0.3 is 9.47 Å². The number of nitrogens with one attached hydrogen (secondary N) is 1. The second-order valence-corrected chi connectivity index (χ2v) is 8.00. The van der Waals surface area contributed by atoms with Crippen LogP contribution in [-0.2, 0) is 6.61 Å². The topological polar surface area (TPSA) is 123 Å². The van der Waals surface area contributed by atoms with Crippen molar-refractivity contribution in [1.82, 2.24) is 20.2 Å². The molecule has 0 saturated heterocycles. The van der Waals surface area contributed by atoms with Crippen LogP contribution < -0.4 is 14.8 Å². The lowest BCUT2D eigenvalue weighted by atomic mass is 9.98. The van der Waals surface area contributed by atoms with Crippen molar-refractivity contribution < 1.29 is 18.7 Å². The Kier molecular flexibility index (Phi) is 6.91. The second kappa shape index (κ2) is 10.2. The molecule has 0 aliphatic carbocycles. The van der Waals surface area contributed by atoms with E-state index in [9.17, 15) is 14.4 Å². The number of aromatic nitrogens is 4. The summed E-state index contributed by atoms with van der Waals surface area (Å²) in [5, 5.41) is 20.5. The van der Waals surface area contributed by atoms with Crippen LogP contribution in [0.25, 0.3) is 11.1 Å². The predicted octanol–water partition coefficient (Wildman–Crippen LogP) is 4.50. The average Bonchev–Trinajstić information content (AvgIpc) is 3.30. The molecule has 12 heteroatoms. The summed E-state index contributed by atoms with van der Waals surface area (Å²) in [6, 6.07) is 10.9. The van der Waals surface area contributed by atoms with Crippen molar-refractivity contribution in [3.63, 3.8) is 0 Å². The smallest absolute Gasteiger partial charge is 0.296 e. The van der Waals surface area contributed by atoms with Gasteiger partial charge in [-0.3, -0.25) is 15.1 Å². The summed E-state index contributed by atoms with van der Waals surface area (Å²) in [5.74, 6) is -1.04. The van der Waals surface area contributed by atoms with Crippen LogP contribution in [0.4, 0.5) is 9.52 Å². The summed E-state index contributed by atoms with van der Waals surface area (Å²) in [7, 11) is 1.38. The van der Waals surface area contributed by atoms with Crippen molar-refractivity contribution in [1.29, 1.82) is 5.26 Å². The molecule has 0 atom stereocenters. The van der Waals surface area contributed by atoms with Crippen LogP contribution in [-0.4, -0.2) is 33.2 Å². The zero-order chi connectivity index (χ0) is 24.1. The number of benzene rings is 1. The molecule has 4 rings (SSSR count). The molecular weight excluding hydrogens is 483 g/mol. The number of nitriles is 1. The van der Waals surface area contributed by atoms with Crippen molar-refractivity contribution in [2.45, 2.75) is 6.61 Å². The van der Waals surface area contributed by atoms with E-state index in [0.717, 1.165) is 11.3 Å². The number of halogens is 2. The number of nitrogens with zero attached hydrogens (tertiary/aromatic N) is 5. The first-order valence-corrected chi connectivity index (χ1v) is 10.8. The minimum absolute atomic E-state index is 0.0132. The van der Waals surface area contributed by atoms with Crippen molar-refractivity contribution in [2.24, 2.45) is 0 Å². The van der Waals surface area contributed by atoms with E-state index in [1.807, 2.05) is 6.07 Å². The van der Waals surface area contributed by atoms with Crippen LogP contribution in [0.5, 0.6) is 10.9 Å². The third-order valence-electron chi connectivity index (χ3n) is 4.49. The molecule has 9 nitrogen and oxygen atoms in total. The summed E-state index contributed by atoms with van der Waals surface area (Å²) in [5.41, 5.74) is 0.849. The maximum Gasteiger partial charge on any atom is 0.296 e. The van der Waals surface area contributed by atoms with E-state index >= 15 is 0 Å². The molecule has 1 aromatic carbocycles. The van der Waals surface area contributed by atoms with E-state index in [2.05, 4.69) is 25.5 Å². The van der Waals surface area contributed by atoms with Crippen LogP contribution >= 0.6 is 22.9 Å². The molecular formula is C22H14ClFN6O3S. The van der Waals surface area contributed by atoms with E-state index < -0.39 is 11.7 Å². The quantitative estimate of drug-likeness (QED) is 0.396. The van der Waals surface area contributed by atoms with Crippen molar-refractivity contribution in [2.75, 3.05) is 12.4 Å². The lowest BCUT2D eigenvalue weighted by molar-refractivity contribution is 0.102. The molecule has 0 spiro atoms. The Morgan fingerprint density at radius 2 is 2.09 bits per heavy atom. The molecule has 1 N–H and O–H groups in total. The maximum absolute atomic E-state index is 14.7. The number of rotatable bonds is 7. The molecule has 1 amide bonds. The highest BCUT2D eigenvalue weighted by Gasteiger charge is 2.22. The lowest BCUT2D eigenvalue weighted by Crippen LogP contribution is -2.14. The molecule has 34 heavy (non-hydrogen) atoms. The van der Waals surface area contributed by atoms with E-state index in [-0.39, 0.29) is 45.1 Å². The third kappa shape index (κ3) is 5.09. The molecule has 3 heterocycles. The van der Waals surface area contributed by atoms with Crippen LogP contribution in [0, 0.1) is 17.1 Å². The molecule has 170 valence electrons. The number of hydrogen-bond donors (Lipinski definition) is 1. The standard InChI is InChI=1S/C22H14ClFN6O3S/c1-32-18-4-2-3-17(24)19(18)15-7-14(8-25)27-10-16(15)20(31)28-21-29-30-22(34-21)33-11-13-6-5-12(23)9-26-13/h2-7,9-10H,11H2,1H3,(H,28,29,31). The van der Waals surface area contributed by atoms with E-state index in [1.165, 1.54) is 37.7 Å². The Morgan fingerprint density at radius 3 is 2.82 bits per heavy atom. The summed E-state index contributed by atoms with van der Waals surface area (Å²) in [6.07, 6.45) is 2.69. The number of carbonyl (C=O) groups excluding carboxylic acids is 1. The van der Waals surface area contributed by atoms with Gasteiger partial charge in [0, 0.05) is 18.0 Å². The largest absolute Gasteiger partial charge is 0.496 e. The van der Waals surface area contributed by atoms with Crippen LogP contribution in [0.15, 0.2) is 48.8 Å². The van der Waals surface area contributed by atoms with Gasteiger partial charge in [-0.25, -0.2) is 9.37 Å². The van der Waals surface area contributed by atoms with Gasteiger partial charge in [0.25, 0.3) is 11.1 Å².